The van der Waals surface area contributed by atoms with Crippen LogP contribution in [0.2, 0.25) is 5.02 Å². The normalized spacial score (nSPS) is 15.4. The SMILES string of the molecule is CCCc1nc(C(=O)Nc2ccc(Cl)cn2)c(NC(=O)C2CCN(C(C)C)CC2)s1. The van der Waals surface area contributed by atoms with Crippen molar-refractivity contribution in [2.24, 2.45) is 5.92 Å². The number of nitrogens with one attached hydrogen (secondary N) is 2. The van der Waals surface area contributed by atoms with Crippen LogP contribution in [-0.4, -0.2) is 45.8 Å². The van der Waals surface area contributed by atoms with Crippen molar-refractivity contribution >= 4 is 45.6 Å². The molecular weight excluding hydrogens is 422 g/mol. The van der Waals surface area contributed by atoms with Crippen molar-refractivity contribution in [1.29, 1.82) is 0 Å². The van der Waals surface area contributed by atoms with Crippen LogP contribution in [0.1, 0.15) is 55.5 Å². The summed E-state index contributed by atoms with van der Waals surface area (Å²) in [6.07, 6.45) is 4.77. The zero-order chi connectivity index (χ0) is 21.7. The summed E-state index contributed by atoms with van der Waals surface area (Å²) in [5.74, 6) is -0.101. The highest BCUT2D eigenvalue weighted by Crippen LogP contribution is 2.29. The maximum Gasteiger partial charge on any atom is 0.278 e. The van der Waals surface area contributed by atoms with Gasteiger partial charge in [0.25, 0.3) is 5.91 Å². The number of piperidine rings is 1. The Morgan fingerprint density at radius 1 is 1.27 bits per heavy atom. The lowest BCUT2D eigenvalue weighted by Crippen LogP contribution is -2.41. The minimum Gasteiger partial charge on any atom is -0.315 e. The van der Waals surface area contributed by atoms with Gasteiger partial charge in [-0.1, -0.05) is 18.5 Å². The Kier molecular flexibility index (Phi) is 7.80. The molecule has 7 nitrogen and oxygen atoms in total. The number of carbonyl (C=O) groups excluding carboxylic acids is 2. The Hall–Kier alpha value is -2.03. The molecule has 9 heteroatoms. The van der Waals surface area contributed by atoms with Gasteiger partial charge in [0, 0.05) is 18.2 Å². The monoisotopic (exact) mass is 449 g/mol. The number of anilines is 2. The first-order valence-corrected chi connectivity index (χ1v) is 11.5. The second-order valence-corrected chi connectivity index (χ2v) is 9.26. The molecule has 0 spiro atoms. The maximum atomic E-state index is 12.9. The Bertz CT molecular complexity index is 876. The molecule has 3 heterocycles. The maximum absolute atomic E-state index is 12.9. The Labute approximate surface area is 186 Å². The van der Waals surface area contributed by atoms with Crippen molar-refractivity contribution < 1.29 is 9.59 Å². The van der Waals surface area contributed by atoms with E-state index in [0.29, 0.717) is 21.9 Å². The average molecular weight is 450 g/mol. The van der Waals surface area contributed by atoms with E-state index in [1.807, 2.05) is 0 Å². The van der Waals surface area contributed by atoms with Crippen LogP contribution in [0.15, 0.2) is 18.3 Å². The molecule has 0 radical (unpaired) electrons. The Balaban J connectivity index is 1.71. The predicted molar refractivity (Wildman–Crippen MR) is 121 cm³/mol. The summed E-state index contributed by atoms with van der Waals surface area (Å²) < 4.78 is 0. The highest BCUT2D eigenvalue weighted by molar-refractivity contribution is 7.16. The van der Waals surface area contributed by atoms with Crippen molar-refractivity contribution in [2.45, 2.75) is 52.5 Å². The summed E-state index contributed by atoms with van der Waals surface area (Å²) in [4.78, 5) is 36.6. The second kappa shape index (κ2) is 10.3. The van der Waals surface area contributed by atoms with Gasteiger partial charge in [0.15, 0.2) is 5.69 Å². The van der Waals surface area contributed by atoms with Crippen LogP contribution in [0.25, 0.3) is 0 Å². The van der Waals surface area contributed by atoms with Gasteiger partial charge in [-0.05, 0) is 64.8 Å². The molecule has 1 saturated heterocycles. The standard InChI is InChI=1S/C21H28ClN5O2S/c1-4-5-17-25-18(20(29)24-16-7-6-15(22)12-23-16)21(30-17)26-19(28)14-8-10-27(11-9-14)13(2)3/h6-7,12-14H,4-5,8-11H2,1-3H3,(H,26,28)(H,23,24,29). The largest absolute Gasteiger partial charge is 0.315 e. The number of thiazole rings is 1. The quantitative estimate of drug-likeness (QED) is 0.651. The fraction of sp³-hybridized carbons (Fsp3) is 0.524. The third kappa shape index (κ3) is 5.77. The van der Waals surface area contributed by atoms with E-state index in [9.17, 15) is 9.59 Å². The summed E-state index contributed by atoms with van der Waals surface area (Å²) in [5, 5.41) is 7.53. The summed E-state index contributed by atoms with van der Waals surface area (Å²) in [6.45, 7) is 8.23. The van der Waals surface area contributed by atoms with Crippen LogP contribution in [0.5, 0.6) is 0 Å². The average Bonchev–Trinajstić information content (AvgIpc) is 3.12. The summed E-state index contributed by atoms with van der Waals surface area (Å²) in [7, 11) is 0. The third-order valence-electron chi connectivity index (χ3n) is 5.19. The van der Waals surface area contributed by atoms with Crippen LogP contribution in [-0.2, 0) is 11.2 Å². The van der Waals surface area contributed by atoms with Crippen molar-refractivity contribution in [3.8, 4) is 0 Å². The smallest absolute Gasteiger partial charge is 0.278 e. The van der Waals surface area contributed by atoms with Gasteiger partial charge in [0.1, 0.15) is 10.8 Å². The number of carbonyl (C=O) groups is 2. The lowest BCUT2D eigenvalue weighted by Gasteiger charge is -2.33. The number of hydrogen-bond acceptors (Lipinski definition) is 6. The molecule has 2 N–H and O–H groups in total. The molecule has 0 aliphatic carbocycles. The van der Waals surface area contributed by atoms with Crippen LogP contribution in [0, 0.1) is 5.92 Å². The van der Waals surface area contributed by atoms with Gasteiger partial charge in [-0.25, -0.2) is 9.97 Å². The number of likely N-dealkylation sites (tertiary alicyclic amines) is 1. The van der Waals surface area contributed by atoms with E-state index in [0.717, 1.165) is 43.8 Å². The summed E-state index contributed by atoms with van der Waals surface area (Å²) in [6, 6.07) is 3.77. The Morgan fingerprint density at radius 3 is 2.60 bits per heavy atom. The van der Waals surface area contributed by atoms with Gasteiger partial charge in [-0.2, -0.15) is 0 Å². The molecule has 0 bridgehead atoms. The zero-order valence-corrected chi connectivity index (χ0v) is 19.1. The molecule has 2 aromatic rings. The highest BCUT2D eigenvalue weighted by atomic mass is 35.5. The minimum absolute atomic E-state index is 0.0382. The fourth-order valence-corrected chi connectivity index (χ4v) is 4.62. The molecule has 30 heavy (non-hydrogen) atoms. The lowest BCUT2D eigenvalue weighted by atomic mass is 9.95. The van der Waals surface area contributed by atoms with Crippen molar-refractivity contribution in [1.82, 2.24) is 14.9 Å². The molecule has 3 rings (SSSR count). The molecule has 2 aromatic heterocycles. The molecule has 2 amide bonds. The van der Waals surface area contributed by atoms with Gasteiger partial charge in [-0.15, -0.1) is 11.3 Å². The number of aromatic nitrogens is 2. The minimum atomic E-state index is -0.395. The van der Waals surface area contributed by atoms with E-state index in [1.165, 1.54) is 17.5 Å². The lowest BCUT2D eigenvalue weighted by molar-refractivity contribution is -0.121. The number of rotatable bonds is 7. The van der Waals surface area contributed by atoms with E-state index in [2.05, 4.69) is 46.3 Å². The van der Waals surface area contributed by atoms with Gasteiger partial charge in [0.2, 0.25) is 5.91 Å². The number of aryl methyl sites for hydroxylation is 1. The van der Waals surface area contributed by atoms with E-state index in [4.69, 9.17) is 11.6 Å². The fourth-order valence-electron chi connectivity index (χ4n) is 3.44. The topological polar surface area (TPSA) is 87.2 Å². The Morgan fingerprint density at radius 2 is 2.00 bits per heavy atom. The number of pyridine rings is 1. The molecular formula is C21H28ClN5O2S. The number of hydrogen-bond donors (Lipinski definition) is 2. The first-order chi connectivity index (χ1) is 14.4. The van der Waals surface area contributed by atoms with Gasteiger partial charge in [-0.3, -0.25) is 9.59 Å². The molecule has 162 valence electrons. The van der Waals surface area contributed by atoms with Crippen molar-refractivity contribution in [2.75, 3.05) is 23.7 Å². The number of halogens is 1. The van der Waals surface area contributed by atoms with Crippen LogP contribution in [0.4, 0.5) is 10.8 Å². The third-order valence-corrected chi connectivity index (χ3v) is 6.44. The molecule has 1 aliphatic heterocycles. The molecule has 1 aliphatic rings. The van der Waals surface area contributed by atoms with E-state index >= 15 is 0 Å². The summed E-state index contributed by atoms with van der Waals surface area (Å²) >= 11 is 7.22. The van der Waals surface area contributed by atoms with Crippen molar-refractivity contribution in [3.05, 3.63) is 34.1 Å². The summed E-state index contributed by atoms with van der Waals surface area (Å²) in [5.41, 5.74) is 0.230. The van der Waals surface area contributed by atoms with Gasteiger partial charge in [0.05, 0.1) is 10.0 Å². The molecule has 0 aromatic carbocycles. The molecule has 0 atom stereocenters. The first kappa shape index (κ1) is 22.7. The second-order valence-electron chi connectivity index (χ2n) is 7.74. The van der Waals surface area contributed by atoms with Crippen LogP contribution < -0.4 is 10.6 Å². The zero-order valence-electron chi connectivity index (χ0n) is 17.6. The molecule has 0 unspecified atom stereocenters. The predicted octanol–water partition coefficient (Wildman–Crippen LogP) is 4.46. The van der Waals surface area contributed by atoms with E-state index < -0.39 is 5.91 Å². The van der Waals surface area contributed by atoms with Crippen molar-refractivity contribution in [3.63, 3.8) is 0 Å². The van der Waals surface area contributed by atoms with E-state index in [-0.39, 0.29) is 17.5 Å². The van der Waals surface area contributed by atoms with Gasteiger partial charge >= 0.3 is 0 Å². The number of nitrogens with zero attached hydrogens (tertiary/aromatic N) is 3. The van der Waals surface area contributed by atoms with Gasteiger partial charge < -0.3 is 15.5 Å². The first-order valence-electron chi connectivity index (χ1n) is 10.3. The van der Waals surface area contributed by atoms with Crippen LogP contribution >= 0.6 is 22.9 Å². The van der Waals surface area contributed by atoms with Crippen LogP contribution in [0.3, 0.4) is 0 Å². The molecule has 1 fully saturated rings. The number of amides is 2. The molecule has 0 saturated carbocycles. The highest BCUT2D eigenvalue weighted by Gasteiger charge is 2.28. The van der Waals surface area contributed by atoms with E-state index in [1.54, 1.807) is 12.1 Å².